The number of hydrogen-bond acceptors (Lipinski definition) is 6. The van der Waals surface area contributed by atoms with Crippen LogP contribution in [0.15, 0.2) is 5.16 Å². The highest BCUT2D eigenvalue weighted by Gasteiger charge is 2.17. The first-order valence-corrected chi connectivity index (χ1v) is 7.40. The van der Waals surface area contributed by atoms with Crippen LogP contribution in [0.5, 0.6) is 0 Å². The fourth-order valence-electron chi connectivity index (χ4n) is 1.59. The molecule has 118 valence electrons. The molecule has 0 saturated heterocycles. The van der Waals surface area contributed by atoms with Gasteiger partial charge in [-0.1, -0.05) is 11.8 Å². The van der Waals surface area contributed by atoms with Crippen molar-refractivity contribution in [3.63, 3.8) is 0 Å². The van der Waals surface area contributed by atoms with Gasteiger partial charge in [-0.25, -0.2) is 0 Å². The number of aromatic nitrogens is 3. The normalized spacial score (nSPS) is 11.4. The highest BCUT2D eigenvalue weighted by Crippen LogP contribution is 2.17. The standard InChI is InChI=1S/C12H20N4O4S/c1-12(2,3)13-9(18)4-5-16-8(6-17)14-15-11(16)21-7-10(19)20/h17H,4-7H2,1-3H3,(H,13,18)(H,19,20). The summed E-state index contributed by atoms with van der Waals surface area (Å²) in [6.45, 7) is 5.62. The van der Waals surface area contributed by atoms with Crippen molar-refractivity contribution in [2.75, 3.05) is 5.75 Å². The minimum atomic E-state index is -0.967. The Labute approximate surface area is 126 Å². The minimum absolute atomic E-state index is 0.130. The van der Waals surface area contributed by atoms with Crippen LogP contribution < -0.4 is 5.32 Å². The Hall–Kier alpha value is -1.61. The Kier molecular flexibility index (Phi) is 6.16. The molecule has 0 spiro atoms. The van der Waals surface area contributed by atoms with Gasteiger partial charge in [-0.05, 0) is 20.8 Å². The van der Waals surface area contributed by atoms with E-state index in [4.69, 9.17) is 5.11 Å². The third kappa shape index (κ3) is 6.13. The number of carboxylic acid groups (broad SMARTS) is 1. The fourth-order valence-corrected chi connectivity index (χ4v) is 2.29. The van der Waals surface area contributed by atoms with Gasteiger partial charge < -0.3 is 20.1 Å². The van der Waals surface area contributed by atoms with Gasteiger partial charge in [-0.2, -0.15) is 0 Å². The fraction of sp³-hybridized carbons (Fsp3) is 0.667. The number of hydrogen-bond donors (Lipinski definition) is 3. The zero-order valence-corrected chi connectivity index (χ0v) is 13.1. The molecule has 0 unspecified atom stereocenters. The van der Waals surface area contributed by atoms with Crippen LogP contribution in [0.25, 0.3) is 0 Å². The van der Waals surface area contributed by atoms with Gasteiger partial charge in [0.15, 0.2) is 11.0 Å². The molecule has 9 heteroatoms. The first kappa shape index (κ1) is 17.4. The molecule has 0 atom stereocenters. The summed E-state index contributed by atoms with van der Waals surface area (Å²) in [5, 5.41) is 28.7. The highest BCUT2D eigenvalue weighted by atomic mass is 32.2. The van der Waals surface area contributed by atoms with Gasteiger partial charge in [0.1, 0.15) is 6.61 Å². The van der Waals surface area contributed by atoms with E-state index in [0.29, 0.717) is 11.0 Å². The van der Waals surface area contributed by atoms with Crippen LogP contribution in [0.3, 0.4) is 0 Å². The van der Waals surface area contributed by atoms with Crippen LogP contribution >= 0.6 is 11.8 Å². The zero-order valence-electron chi connectivity index (χ0n) is 12.3. The van der Waals surface area contributed by atoms with Gasteiger partial charge in [-0.15, -0.1) is 10.2 Å². The molecule has 3 N–H and O–H groups in total. The molecule has 8 nitrogen and oxygen atoms in total. The molecule has 21 heavy (non-hydrogen) atoms. The van der Waals surface area contributed by atoms with Gasteiger partial charge in [0, 0.05) is 18.5 Å². The third-order valence-electron chi connectivity index (χ3n) is 2.34. The van der Waals surface area contributed by atoms with Crippen molar-refractivity contribution in [1.29, 1.82) is 0 Å². The van der Waals surface area contributed by atoms with Gasteiger partial charge in [0.2, 0.25) is 5.91 Å². The maximum atomic E-state index is 11.8. The Morgan fingerprint density at radius 2 is 2.00 bits per heavy atom. The number of rotatable bonds is 7. The van der Waals surface area contributed by atoms with Crippen LogP contribution in [0.2, 0.25) is 0 Å². The average Bonchev–Trinajstić information content (AvgIpc) is 2.73. The number of nitrogens with one attached hydrogen (secondary N) is 1. The minimum Gasteiger partial charge on any atom is -0.481 e. The first-order valence-electron chi connectivity index (χ1n) is 6.41. The van der Waals surface area contributed by atoms with Crippen molar-refractivity contribution < 1.29 is 19.8 Å². The van der Waals surface area contributed by atoms with E-state index < -0.39 is 5.97 Å². The van der Waals surface area contributed by atoms with E-state index in [1.807, 2.05) is 20.8 Å². The maximum absolute atomic E-state index is 11.8. The van der Waals surface area contributed by atoms with Crippen molar-refractivity contribution >= 4 is 23.6 Å². The van der Waals surface area contributed by atoms with Crippen molar-refractivity contribution in [2.45, 2.75) is 51.0 Å². The molecule has 1 amide bonds. The largest absolute Gasteiger partial charge is 0.481 e. The number of carbonyl (C=O) groups is 2. The number of aliphatic hydroxyl groups excluding tert-OH is 1. The van der Waals surface area contributed by atoms with E-state index in [-0.39, 0.29) is 36.8 Å². The maximum Gasteiger partial charge on any atom is 0.313 e. The van der Waals surface area contributed by atoms with Crippen LogP contribution in [-0.2, 0) is 22.7 Å². The zero-order chi connectivity index (χ0) is 16.0. The molecule has 0 bridgehead atoms. The summed E-state index contributed by atoms with van der Waals surface area (Å²) in [5.74, 6) is -0.941. The van der Waals surface area contributed by atoms with Crippen molar-refractivity contribution in [2.24, 2.45) is 0 Å². The lowest BCUT2D eigenvalue weighted by atomic mass is 10.1. The number of aliphatic hydroxyl groups is 1. The lowest BCUT2D eigenvalue weighted by molar-refractivity contribution is -0.134. The molecular weight excluding hydrogens is 296 g/mol. The lowest BCUT2D eigenvalue weighted by Gasteiger charge is -2.20. The topological polar surface area (TPSA) is 117 Å². The summed E-state index contributed by atoms with van der Waals surface area (Å²) in [4.78, 5) is 22.4. The van der Waals surface area contributed by atoms with Gasteiger partial charge >= 0.3 is 5.97 Å². The molecule has 0 aliphatic carbocycles. The summed E-state index contributed by atoms with van der Waals surface area (Å²) in [6, 6.07) is 0. The van der Waals surface area contributed by atoms with Gasteiger partial charge in [0.05, 0.1) is 5.75 Å². The second kappa shape index (κ2) is 7.41. The number of amides is 1. The number of thioether (sulfide) groups is 1. The van der Waals surface area contributed by atoms with Crippen LogP contribution in [0.4, 0.5) is 0 Å². The molecule has 1 rings (SSSR count). The average molecular weight is 316 g/mol. The summed E-state index contributed by atoms with van der Waals surface area (Å²) < 4.78 is 1.57. The molecular formula is C12H20N4O4S. The van der Waals surface area contributed by atoms with Crippen LogP contribution in [-0.4, -0.2) is 48.1 Å². The molecule has 1 aromatic rings. The second-order valence-corrected chi connectivity index (χ2v) is 6.38. The molecule has 1 heterocycles. The predicted octanol–water partition coefficient (Wildman–Crippen LogP) is 0.252. The number of aliphatic carboxylic acids is 1. The molecule has 0 radical (unpaired) electrons. The predicted molar refractivity (Wildman–Crippen MR) is 76.8 cm³/mol. The SMILES string of the molecule is CC(C)(C)NC(=O)CCn1c(CO)nnc1SCC(=O)O. The number of nitrogens with zero attached hydrogens (tertiary/aromatic N) is 3. The lowest BCUT2D eigenvalue weighted by Crippen LogP contribution is -2.40. The van der Waals surface area contributed by atoms with E-state index in [1.165, 1.54) is 0 Å². The smallest absolute Gasteiger partial charge is 0.313 e. The highest BCUT2D eigenvalue weighted by molar-refractivity contribution is 7.99. The van der Waals surface area contributed by atoms with Crippen molar-refractivity contribution in [1.82, 2.24) is 20.1 Å². The van der Waals surface area contributed by atoms with E-state index in [2.05, 4.69) is 15.5 Å². The van der Waals surface area contributed by atoms with Crippen LogP contribution in [0.1, 0.15) is 33.0 Å². The van der Waals surface area contributed by atoms with E-state index in [9.17, 15) is 14.7 Å². The van der Waals surface area contributed by atoms with Gasteiger partial charge in [-0.3, -0.25) is 9.59 Å². The summed E-state index contributed by atoms with van der Waals surface area (Å²) in [7, 11) is 0. The molecule has 0 saturated carbocycles. The molecule has 0 aliphatic heterocycles. The summed E-state index contributed by atoms with van der Waals surface area (Å²) >= 11 is 1.00. The molecule has 1 aromatic heterocycles. The molecule has 0 aliphatic rings. The quantitative estimate of drug-likeness (QED) is 0.617. The monoisotopic (exact) mass is 316 g/mol. The Bertz CT molecular complexity index is 510. The Morgan fingerprint density at radius 3 is 2.52 bits per heavy atom. The van der Waals surface area contributed by atoms with Crippen molar-refractivity contribution in [3.05, 3.63) is 5.82 Å². The van der Waals surface area contributed by atoms with E-state index in [0.717, 1.165) is 11.8 Å². The second-order valence-electron chi connectivity index (χ2n) is 5.44. The third-order valence-corrected chi connectivity index (χ3v) is 3.29. The van der Waals surface area contributed by atoms with Crippen molar-refractivity contribution in [3.8, 4) is 0 Å². The Balaban J connectivity index is 2.69. The first-order chi connectivity index (χ1) is 9.73. The number of carbonyl (C=O) groups excluding carboxylic acids is 1. The summed E-state index contributed by atoms with van der Waals surface area (Å²) in [5.41, 5.74) is -0.315. The van der Waals surface area contributed by atoms with E-state index in [1.54, 1.807) is 4.57 Å². The Morgan fingerprint density at radius 1 is 1.33 bits per heavy atom. The summed E-state index contributed by atoms with van der Waals surface area (Å²) in [6.07, 6.45) is 0.197. The number of carboxylic acids is 1. The van der Waals surface area contributed by atoms with Crippen LogP contribution in [0, 0.1) is 0 Å². The molecule has 0 fully saturated rings. The van der Waals surface area contributed by atoms with E-state index >= 15 is 0 Å². The molecule has 0 aromatic carbocycles. The van der Waals surface area contributed by atoms with Gasteiger partial charge in [0.25, 0.3) is 0 Å².